The van der Waals surface area contributed by atoms with Gasteiger partial charge in [-0.3, -0.25) is 0 Å². The second-order valence-electron chi connectivity index (χ2n) is 5.32. The first-order valence-electron chi connectivity index (χ1n) is 7.24. The summed E-state index contributed by atoms with van der Waals surface area (Å²) < 4.78 is 11.6. The summed E-state index contributed by atoms with van der Waals surface area (Å²) >= 11 is 0. The number of anilines is 1. The first kappa shape index (κ1) is 15.2. The predicted octanol–water partition coefficient (Wildman–Crippen LogP) is 1.82. The number of likely N-dealkylation sites (N-methyl/N-ethyl adjacent to an activating group) is 1. The molecule has 3 N–H and O–H groups in total. The molecular weight excluding hydrogens is 254 g/mol. The highest BCUT2D eigenvalue weighted by molar-refractivity contribution is 5.44. The van der Waals surface area contributed by atoms with E-state index in [1.165, 1.54) is 0 Å². The van der Waals surface area contributed by atoms with Crippen LogP contribution in [0, 0.1) is 6.92 Å². The lowest BCUT2D eigenvalue weighted by atomic mass is 9.82. The number of nitrogen functional groups attached to an aromatic ring is 1. The average Bonchev–Trinajstić information content (AvgIpc) is 2.45. The number of nitrogens with one attached hydrogen (secondary N) is 1. The summed E-state index contributed by atoms with van der Waals surface area (Å²) in [6.45, 7) is 6.17. The third-order valence-electron chi connectivity index (χ3n) is 3.98. The highest BCUT2D eigenvalue weighted by Gasteiger charge is 2.42. The van der Waals surface area contributed by atoms with Gasteiger partial charge in [-0.05, 0) is 32.5 Å². The van der Waals surface area contributed by atoms with E-state index < -0.39 is 0 Å². The first-order valence-corrected chi connectivity index (χ1v) is 7.24. The fourth-order valence-corrected chi connectivity index (χ4v) is 3.06. The summed E-state index contributed by atoms with van der Waals surface area (Å²) in [5.74, 6) is 0.570. The van der Waals surface area contributed by atoms with Gasteiger partial charge in [0.1, 0.15) is 5.82 Å². The van der Waals surface area contributed by atoms with Gasteiger partial charge in [-0.1, -0.05) is 0 Å². The zero-order valence-corrected chi connectivity index (χ0v) is 12.6. The van der Waals surface area contributed by atoms with Gasteiger partial charge in [0.15, 0.2) is 0 Å². The van der Waals surface area contributed by atoms with Crippen molar-refractivity contribution < 1.29 is 9.47 Å². The molecule has 1 aromatic rings. The maximum absolute atomic E-state index is 6.15. The maximum atomic E-state index is 6.15. The summed E-state index contributed by atoms with van der Waals surface area (Å²) in [5.41, 5.74) is 7.94. The Morgan fingerprint density at radius 1 is 1.50 bits per heavy atom. The fourth-order valence-electron chi connectivity index (χ4n) is 3.06. The van der Waals surface area contributed by atoms with Crippen LogP contribution >= 0.6 is 0 Å². The number of ether oxygens (including phenoxy) is 2. The normalized spacial score (nSPS) is 19.8. The minimum Gasteiger partial charge on any atom is -0.383 e. The van der Waals surface area contributed by atoms with Crippen molar-refractivity contribution in [2.75, 3.05) is 32.6 Å². The van der Waals surface area contributed by atoms with E-state index >= 15 is 0 Å². The van der Waals surface area contributed by atoms with Crippen molar-refractivity contribution in [1.29, 1.82) is 0 Å². The molecule has 20 heavy (non-hydrogen) atoms. The van der Waals surface area contributed by atoms with Crippen LogP contribution in [-0.2, 0) is 9.47 Å². The summed E-state index contributed by atoms with van der Waals surface area (Å²) in [5, 5.41) is 3.38. The third-order valence-corrected chi connectivity index (χ3v) is 3.98. The molecule has 5 nitrogen and oxygen atoms in total. The number of rotatable bonds is 5. The van der Waals surface area contributed by atoms with E-state index in [0.29, 0.717) is 12.4 Å². The van der Waals surface area contributed by atoms with Crippen LogP contribution in [-0.4, -0.2) is 37.5 Å². The number of aromatic nitrogens is 1. The molecule has 1 aromatic heterocycles. The van der Waals surface area contributed by atoms with Gasteiger partial charge in [0.25, 0.3) is 0 Å². The quantitative estimate of drug-likeness (QED) is 0.860. The van der Waals surface area contributed by atoms with Crippen LogP contribution in [0.25, 0.3) is 0 Å². The minimum absolute atomic E-state index is 0.0266. The van der Waals surface area contributed by atoms with Gasteiger partial charge in [-0.15, -0.1) is 0 Å². The topological polar surface area (TPSA) is 69.4 Å². The highest BCUT2D eigenvalue weighted by Crippen LogP contribution is 2.39. The molecule has 1 unspecified atom stereocenters. The van der Waals surface area contributed by atoms with E-state index in [1.54, 1.807) is 6.20 Å². The van der Waals surface area contributed by atoms with E-state index in [2.05, 4.69) is 16.4 Å². The molecule has 112 valence electrons. The van der Waals surface area contributed by atoms with Crippen molar-refractivity contribution in [1.82, 2.24) is 10.3 Å². The van der Waals surface area contributed by atoms with Gasteiger partial charge in [0.2, 0.25) is 0 Å². The van der Waals surface area contributed by atoms with Crippen LogP contribution in [0.2, 0.25) is 0 Å². The van der Waals surface area contributed by atoms with E-state index in [4.69, 9.17) is 15.2 Å². The molecule has 0 radical (unpaired) electrons. The molecule has 0 amide bonds. The summed E-state index contributed by atoms with van der Waals surface area (Å²) in [4.78, 5) is 4.28. The van der Waals surface area contributed by atoms with Crippen LogP contribution < -0.4 is 11.1 Å². The summed E-state index contributed by atoms with van der Waals surface area (Å²) in [7, 11) is 1.95. The Kier molecular flexibility index (Phi) is 4.96. The van der Waals surface area contributed by atoms with Gasteiger partial charge in [-0.25, -0.2) is 4.98 Å². The Morgan fingerprint density at radius 2 is 2.20 bits per heavy atom. The molecule has 0 saturated carbocycles. The lowest BCUT2D eigenvalue weighted by Gasteiger charge is -2.43. The van der Waals surface area contributed by atoms with Gasteiger partial charge >= 0.3 is 0 Å². The monoisotopic (exact) mass is 279 g/mol. The van der Waals surface area contributed by atoms with E-state index in [9.17, 15) is 0 Å². The number of pyridine rings is 1. The Balaban J connectivity index is 2.39. The molecular formula is C15H25N3O2. The first-order chi connectivity index (χ1) is 9.63. The van der Waals surface area contributed by atoms with Crippen molar-refractivity contribution >= 4 is 5.82 Å². The van der Waals surface area contributed by atoms with Crippen molar-refractivity contribution in [3.05, 3.63) is 23.4 Å². The maximum Gasteiger partial charge on any atom is 0.128 e. The molecule has 0 aromatic carbocycles. The van der Waals surface area contributed by atoms with Crippen molar-refractivity contribution in [3.63, 3.8) is 0 Å². The van der Waals surface area contributed by atoms with Crippen LogP contribution in [0.4, 0.5) is 5.82 Å². The second-order valence-corrected chi connectivity index (χ2v) is 5.32. The molecule has 1 atom stereocenters. The van der Waals surface area contributed by atoms with E-state index in [0.717, 1.165) is 37.2 Å². The van der Waals surface area contributed by atoms with Crippen LogP contribution in [0.3, 0.4) is 0 Å². The zero-order valence-electron chi connectivity index (χ0n) is 12.6. The number of hydrogen-bond donors (Lipinski definition) is 2. The number of aryl methyl sites for hydroxylation is 1. The lowest BCUT2D eigenvalue weighted by Crippen LogP contribution is -2.49. The van der Waals surface area contributed by atoms with Crippen LogP contribution in [0.15, 0.2) is 12.3 Å². The van der Waals surface area contributed by atoms with Gasteiger partial charge in [0, 0.05) is 44.4 Å². The van der Waals surface area contributed by atoms with Gasteiger partial charge < -0.3 is 20.5 Å². The molecule has 2 rings (SSSR count). The standard InChI is InChI=1S/C15H25N3O2/c1-4-20-15(5-7-19-8-6-15)13(17-3)12-9-11(2)10-18-14(12)16/h9-10,13,17H,4-8H2,1-3H3,(H2,16,18). The van der Waals surface area contributed by atoms with Crippen molar-refractivity contribution in [3.8, 4) is 0 Å². The Bertz CT molecular complexity index is 439. The molecule has 0 spiro atoms. The van der Waals surface area contributed by atoms with Gasteiger partial charge in [-0.2, -0.15) is 0 Å². The number of nitrogens with two attached hydrogens (primary N) is 1. The lowest BCUT2D eigenvalue weighted by molar-refractivity contribution is -0.126. The molecule has 5 heteroatoms. The molecule has 1 fully saturated rings. The highest BCUT2D eigenvalue weighted by atomic mass is 16.5. The molecule has 1 aliphatic heterocycles. The Morgan fingerprint density at radius 3 is 2.80 bits per heavy atom. The fraction of sp³-hybridized carbons (Fsp3) is 0.667. The van der Waals surface area contributed by atoms with Crippen molar-refractivity contribution in [2.45, 2.75) is 38.3 Å². The number of hydrogen-bond acceptors (Lipinski definition) is 5. The largest absolute Gasteiger partial charge is 0.383 e. The van der Waals surface area contributed by atoms with Crippen LogP contribution in [0.5, 0.6) is 0 Å². The SMILES string of the molecule is CCOC1(C(NC)c2cc(C)cnc2N)CCOCC1. The molecule has 0 aliphatic carbocycles. The summed E-state index contributed by atoms with van der Waals surface area (Å²) in [6.07, 6.45) is 3.52. The zero-order chi connectivity index (χ0) is 14.6. The Hall–Kier alpha value is -1.17. The van der Waals surface area contributed by atoms with E-state index in [-0.39, 0.29) is 11.6 Å². The summed E-state index contributed by atoms with van der Waals surface area (Å²) in [6, 6.07) is 2.12. The average molecular weight is 279 g/mol. The second kappa shape index (κ2) is 6.52. The molecule has 2 heterocycles. The predicted molar refractivity (Wildman–Crippen MR) is 79.6 cm³/mol. The van der Waals surface area contributed by atoms with Crippen molar-refractivity contribution in [2.24, 2.45) is 0 Å². The minimum atomic E-state index is -0.272. The molecule has 1 saturated heterocycles. The molecule has 0 bridgehead atoms. The van der Waals surface area contributed by atoms with E-state index in [1.807, 2.05) is 20.9 Å². The van der Waals surface area contributed by atoms with Crippen LogP contribution in [0.1, 0.15) is 36.9 Å². The third kappa shape index (κ3) is 2.95. The Labute approximate surface area is 120 Å². The van der Waals surface area contributed by atoms with Gasteiger partial charge in [0.05, 0.1) is 11.6 Å². The smallest absolute Gasteiger partial charge is 0.128 e. The number of nitrogens with zero attached hydrogens (tertiary/aromatic N) is 1. The molecule has 1 aliphatic rings.